The fraction of sp³-hybridized carbons (Fsp3) is 0.615. The highest BCUT2D eigenvalue weighted by Gasteiger charge is 2.23. The van der Waals surface area contributed by atoms with E-state index < -0.39 is 15.6 Å². The first-order valence-corrected chi connectivity index (χ1v) is 8.02. The molecule has 0 radical (unpaired) electrons. The lowest BCUT2D eigenvalue weighted by Gasteiger charge is -2.24. The van der Waals surface area contributed by atoms with Gasteiger partial charge in [0.25, 0.3) is 10.0 Å². The Bertz CT molecular complexity index is 512. The van der Waals surface area contributed by atoms with Crippen molar-refractivity contribution in [2.45, 2.75) is 37.9 Å². The average Bonchev–Trinajstić information content (AvgIpc) is 2.38. The van der Waals surface area contributed by atoms with Crippen molar-refractivity contribution < 1.29 is 13.2 Å². The molecule has 1 rings (SSSR count). The van der Waals surface area contributed by atoms with Crippen molar-refractivity contribution in [2.24, 2.45) is 0 Å². The van der Waals surface area contributed by atoms with Crippen LogP contribution in [0.15, 0.2) is 23.4 Å². The van der Waals surface area contributed by atoms with Crippen LogP contribution < -0.4 is 10.0 Å². The van der Waals surface area contributed by atoms with Crippen molar-refractivity contribution in [3.63, 3.8) is 0 Å². The van der Waals surface area contributed by atoms with Gasteiger partial charge in [0.15, 0.2) is 5.03 Å². The van der Waals surface area contributed by atoms with Crippen LogP contribution in [-0.4, -0.2) is 39.2 Å². The van der Waals surface area contributed by atoms with E-state index in [1.807, 2.05) is 27.8 Å². The molecule has 0 saturated carbocycles. The summed E-state index contributed by atoms with van der Waals surface area (Å²) in [4.78, 5) is 3.98. The molecule has 2 N–H and O–H groups in total. The molecule has 0 aliphatic rings. The van der Waals surface area contributed by atoms with Crippen molar-refractivity contribution in [1.82, 2.24) is 15.0 Å². The largest absolute Gasteiger partial charge is 0.375 e. The van der Waals surface area contributed by atoms with Gasteiger partial charge in [0.2, 0.25) is 0 Å². The average molecular weight is 301 g/mol. The number of ether oxygens (including phenoxy) is 1. The van der Waals surface area contributed by atoms with Gasteiger partial charge in [0, 0.05) is 25.9 Å². The molecule has 114 valence electrons. The number of rotatable bonds is 8. The lowest BCUT2D eigenvalue weighted by Crippen LogP contribution is -2.40. The fourth-order valence-electron chi connectivity index (χ4n) is 1.66. The Morgan fingerprint density at radius 2 is 2.05 bits per heavy atom. The second-order valence-corrected chi connectivity index (χ2v) is 6.77. The van der Waals surface area contributed by atoms with E-state index in [1.165, 1.54) is 6.07 Å². The van der Waals surface area contributed by atoms with Crippen LogP contribution in [0.5, 0.6) is 0 Å². The van der Waals surface area contributed by atoms with Gasteiger partial charge in [0.05, 0.1) is 5.60 Å². The maximum atomic E-state index is 12.1. The Morgan fingerprint density at radius 3 is 2.55 bits per heavy atom. The first kappa shape index (κ1) is 17.0. The van der Waals surface area contributed by atoms with Gasteiger partial charge in [0.1, 0.15) is 0 Å². The molecule has 0 bridgehead atoms. The molecular formula is C13H23N3O3S. The summed E-state index contributed by atoms with van der Waals surface area (Å²) >= 11 is 0. The fourth-order valence-corrected chi connectivity index (χ4v) is 2.79. The van der Waals surface area contributed by atoms with Gasteiger partial charge in [-0.25, -0.2) is 18.1 Å². The molecule has 0 fully saturated rings. The molecule has 1 aromatic rings. The number of hydrogen-bond acceptors (Lipinski definition) is 5. The Hall–Kier alpha value is -1.02. The highest BCUT2D eigenvalue weighted by molar-refractivity contribution is 7.89. The SMILES string of the molecule is CCOC(C)(C)CNS(=O)(=O)c1ccc(CNC)cn1. The molecule has 0 aromatic carbocycles. The predicted octanol–water partition coefficient (Wildman–Crippen LogP) is 0.894. The second kappa shape index (κ2) is 7.12. The number of pyridine rings is 1. The minimum atomic E-state index is -3.61. The van der Waals surface area contributed by atoms with Crippen LogP contribution in [-0.2, 0) is 21.3 Å². The maximum Gasteiger partial charge on any atom is 0.258 e. The molecule has 0 spiro atoms. The molecular weight excluding hydrogens is 278 g/mol. The topological polar surface area (TPSA) is 80.3 Å². The molecule has 20 heavy (non-hydrogen) atoms. The van der Waals surface area contributed by atoms with Gasteiger partial charge in [-0.2, -0.15) is 0 Å². The Labute approximate surface area is 121 Å². The molecule has 0 aliphatic carbocycles. The summed E-state index contributed by atoms with van der Waals surface area (Å²) in [5, 5.41) is 3.00. The van der Waals surface area contributed by atoms with Gasteiger partial charge < -0.3 is 10.1 Å². The zero-order valence-corrected chi connectivity index (χ0v) is 13.3. The lowest BCUT2D eigenvalue weighted by atomic mass is 10.1. The summed E-state index contributed by atoms with van der Waals surface area (Å²) in [6, 6.07) is 3.24. The smallest absolute Gasteiger partial charge is 0.258 e. The monoisotopic (exact) mass is 301 g/mol. The van der Waals surface area contributed by atoms with E-state index in [1.54, 1.807) is 12.3 Å². The molecule has 0 saturated heterocycles. The molecule has 0 amide bonds. The molecule has 1 heterocycles. The summed E-state index contributed by atoms with van der Waals surface area (Å²) in [5.74, 6) is 0. The number of sulfonamides is 1. The van der Waals surface area contributed by atoms with Crippen LogP contribution in [0.25, 0.3) is 0 Å². The van der Waals surface area contributed by atoms with Gasteiger partial charge in [-0.3, -0.25) is 0 Å². The highest BCUT2D eigenvalue weighted by Crippen LogP contribution is 2.11. The highest BCUT2D eigenvalue weighted by atomic mass is 32.2. The standard InChI is InChI=1S/C13H23N3O3S/c1-5-19-13(2,3)10-16-20(17,18)12-7-6-11(8-14-4)9-15-12/h6-7,9,14,16H,5,8,10H2,1-4H3. The Kier molecular flexibility index (Phi) is 6.07. The molecule has 0 unspecified atom stereocenters. The maximum absolute atomic E-state index is 12.1. The molecule has 6 nitrogen and oxygen atoms in total. The number of nitrogens with one attached hydrogen (secondary N) is 2. The van der Waals surface area contributed by atoms with E-state index in [4.69, 9.17) is 4.74 Å². The van der Waals surface area contributed by atoms with Gasteiger partial charge >= 0.3 is 0 Å². The number of aromatic nitrogens is 1. The van der Waals surface area contributed by atoms with Gasteiger partial charge in [-0.05, 0) is 39.4 Å². The summed E-state index contributed by atoms with van der Waals surface area (Å²) < 4.78 is 32.2. The van der Waals surface area contributed by atoms with E-state index in [-0.39, 0.29) is 11.6 Å². The second-order valence-electron chi connectivity index (χ2n) is 5.05. The van der Waals surface area contributed by atoms with Gasteiger partial charge in [-0.1, -0.05) is 6.07 Å². The first-order valence-electron chi connectivity index (χ1n) is 6.54. The first-order chi connectivity index (χ1) is 9.30. The van der Waals surface area contributed by atoms with E-state index in [0.717, 1.165) is 5.56 Å². The summed E-state index contributed by atoms with van der Waals surface area (Å²) in [7, 11) is -1.78. The molecule has 0 atom stereocenters. The van der Waals surface area contributed by atoms with E-state index in [9.17, 15) is 8.42 Å². The van der Waals surface area contributed by atoms with Crippen molar-refractivity contribution in [3.8, 4) is 0 Å². The molecule has 1 aromatic heterocycles. The molecule has 0 aliphatic heterocycles. The summed E-state index contributed by atoms with van der Waals surface area (Å²) in [6.45, 7) is 6.93. The minimum absolute atomic E-state index is 0.0182. The quantitative estimate of drug-likeness (QED) is 0.745. The van der Waals surface area contributed by atoms with Crippen molar-refractivity contribution >= 4 is 10.0 Å². The third-order valence-electron chi connectivity index (χ3n) is 2.68. The minimum Gasteiger partial charge on any atom is -0.375 e. The Balaban J connectivity index is 2.73. The van der Waals surface area contributed by atoms with E-state index >= 15 is 0 Å². The van der Waals surface area contributed by atoms with Crippen LogP contribution in [0, 0.1) is 0 Å². The summed E-state index contributed by atoms with van der Waals surface area (Å²) in [6.07, 6.45) is 1.55. The van der Waals surface area contributed by atoms with E-state index in [2.05, 4.69) is 15.0 Å². The zero-order valence-electron chi connectivity index (χ0n) is 12.4. The predicted molar refractivity (Wildman–Crippen MR) is 77.9 cm³/mol. The van der Waals surface area contributed by atoms with Crippen LogP contribution in [0.2, 0.25) is 0 Å². The van der Waals surface area contributed by atoms with Crippen LogP contribution in [0.1, 0.15) is 26.3 Å². The zero-order chi connectivity index (χ0) is 15.2. The Morgan fingerprint density at radius 1 is 1.35 bits per heavy atom. The third-order valence-corrected chi connectivity index (χ3v) is 3.99. The van der Waals surface area contributed by atoms with Crippen molar-refractivity contribution in [3.05, 3.63) is 23.9 Å². The van der Waals surface area contributed by atoms with Crippen LogP contribution in [0.3, 0.4) is 0 Å². The third kappa shape index (κ3) is 5.16. The lowest BCUT2D eigenvalue weighted by molar-refractivity contribution is -0.00515. The van der Waals surface area contributed by atoms with E-state index in [0.29, 0.717) is 13.2 Å². The number of nitrogens with zero attached hydrogens (tertiary/aromatic N) is 1. The summed E-state index contributed by atoms with van der Waals surface area (Å²) in [5.41, 5.74) is 0.384. The number of hydrogen-bond donors (Lipinski definition) is 2. The van der Waals surface area contributed by atoms with Crippen molar-refractivity contribution in [1.29, 1.82) is 0 Å². The molecule has 7 heteroatoms. The van der Waals surface area contributed by atoms with Crippen molar-refractivity contribution in [2.75, 3.05) is 20.2 Å². The van der Waals surface area contributed by atoms with Crippen LogP contribution in [0.4, 0.5) is 0 Å². The van der Waals surface area contributed by atoms with Gasteiger partial charge in [-0.15, -0.1) is 0 Å². The van der Waals surface area contributed by atoms with Crippen LogP contribution >= 0.6 is 0 Å². The normalized spacial score (nSPS) is 12.6.